The molecule has 0 aromatic rings. The van der Waals surface area contributed by atoms with Crippen LogP contribution in [0.2, 0.25) is 0 Å². The van der Waals surface area contributed by atoms with Crippen molar-refractivity contribution in [3.05, 3.63) is 0 Å². The van der Waals surface area contributed by atoms with E-state index >= 15 is 0 Å². The highest BCUT2D eigenvalue weighted by atomic mass is 16.6. The van der Waals surface area contributed by atoms with Gasteiger partial charge in [0.1, 0.15) is 0 Å². The molecule has 0 aromatic heterocycles. The van der Waals surface area contributed by atoms with E-state index in [0.29, 0.717) is 152 Å². The van der Waals surface area contributed by atoms with Crippen molar-refractivity contribution in [1.82, 2.24) is 5.32 Å². The first-order valence-corrected chi connectivity index (χ1v) is 17.5. The molecule has 0 rings (SSSR count). The van der Waals surface area contributed by atoms with Crippen LogP contribution < -0.4 is 5.32 Å². The quantitative estimate of drug-likeness (QED) is 0.0889. The molecule has 48 heavy (non-hydrogen) atoms. The van der Waals surface area contributed by atoms with Crippen molar-refractivity contribution >= 4 is 11.9 Å². The average molecular weight is 700 g/mol. The van der Waals surface area contributed by atoms with Crippen molar-refractivity contribution in [2.75, 3.05) is 152 Å². The van der Waals surface area contributed by atoms with Crippen LogP contribution in [0.1, 0.15) is 51.9 Å². The molecule has 0 aliphatic carbocycles. The van der Waals surface area contributed by atoms with Gasteiger partial charge in [-0.05, 0) is 12.8 Å². The van der Waals surface area contributed by atoms with Crippen LogP contribution >= 0.6 is 0 Å². The van der Waals surface area contributed by atoms with E-state index in [2.05, 4.69) is 12.2 Å². The molecule has 15 heteroatoms. The van der Waals surface area contributed by atoms with E-state index in [1.54, 1.807) is 0 Å². The topological polar surface area (TPSA) is 168 Å². The normalized spacial score (nSPS) is 11.4. The number of aliphatic carboxylic acids is 1. The van der Waals surface area contributed by atoms with Gasteiger partial charge in [0, 0.05) is 26.2 Å². The molecule has 0 fully saturated rings. The summed E-state index contributed by atoms with van der Waals surface area (Å²) in [6, 6.07) is 0. The third kappa shape index (κ3) is 42.5. The molecule has 0 heterocycles. The fourth-order valence-electron chi connectivity index (χ4n) is 3.64. The Labute approximate surface area is 287 Å². The van der Waals surface area contributed by atoms with Crippen LogP contribution in [-0.4, -0.2) is 169 Å². The summed E-state index contributed by atoms with van der Waals surface area (Å²) < 4.78 is 60.1. The molecular formula is C33H65NO14. The Balaban J connectivity index is 3.08. The van der Waals surface area contributed by atoms with Gasteiger partial charge >= 0.3 is 5.97 Å². The number of carboxylic acids is 1. The highest BCUT2D eigenvalue weighted by Crippen LogP contribution is 1.98. The van der Waals surface area contributed by atoms with E-state index in [1.165, 1.54) is 19.3 Å². The second-order valence-corrected chi connectivity index (χ2v) is 10.4. The number of hydrogen-bond acceptors (Lipinski definition) is 13. The van der Waals surface area contributed by atoms with Gasteiger partial charge in [-0.3, -0.25) is 9.59 Å². The highest BCUT2D eigenvalue weighted by molar-refractivity contribution is 5.80. The van der Waals surface area contributed by atoms with Gasteiger partial charge in [0.05, 0.1) is 139 Å². The maximum atomic E-state index is 11.4. The first-order chi connectivity index (χ1) is 23.7. The van der Waals surface area contributed by atoms with Crippen LogP contribution in [-0.2, 0) is 61.7 Å². The monoisotopic (exact) mass is 699 g/mol. The molecule has 0 aliphatic rings. The van der Waals surface area contributed by atoms with E-state index in [0.717, 1.165) is 13.0 Å². The molecule has 1 amide bonds. The maximum absolute atomic E-state index is 11.4. The smallest absolute Gasteiger partial charge is 0.303 e. The number of unbranched alkanes of at least 4 members (excludes halogenated alkanes) is 3. The molecule has 286 valence electrons. The van der Waals surface area contributed by atoms with Gasteiger partial charge in [0.2, 0.25) is 5.91 Å². The third-order valence-corrected chi connectivity index (χ3v) is 6.22. The van der Waals surface area contributed by atoms with Gasteiger partial charge in [0.15, 0.2) is 0 Å². The van der Waals surface area contributed by atoms with E-state index in [4.69, 9.17) is 57.2 Å². The summed E-state index contributed by atoms with van der Waals surface area (Å²) >= 11 is 0. The van der Waals surface area contributed by atoms with E-state index in [1.807, 2.05) is 0 Å². The van der Waals surface area contributed by atoms with Crippen molar-refractivity contribution < 1.29 is 66.8 Å². The second-order valence-electron chi connectivity index (χ2n) is 10.4. The summed E-state index contributed by atoms with van der Waals surface area (Å²) in [5.41, 5.74) is 0. The number of ether oxygens (including phenoxy) is 11. The molecular weight excluding hydrogens is 634 g/mol. The van der Waals surface area contributed by atoms with Crippen molar-refractivity contribution in [3.63, 3.8) is 0 Å². The van der Waals surface area contributed by atoms with Crippen LogP contribution in [0.5, 0.6) is 0 Å². The van der Waals surface area contributed by atoms with E-state index in [-0.39, 0.29) is 18.7 Å². The summed E-state index contributed by atoms with van der Waals surface area (Å²) in [7, 11) is 0. The minimum absolute atomic E-state index is 0.00884. The number of carbonyl (C=O) groups is 2. The standard InChI is InChI=1S/C33H65NO14/c1-2-3-4-5-10-38-12-14-40-16-18-42-20-22-44-24-26-46-28-30-48-31-29-47-27-25-45-23-21-43-19-17-41-15-13-39-11-6-9-34-32(35)7-8-33(36)37/h2-31H2,1H3,(H,34,35)(H,36,37). The highest BCUT2D eigenvalue weighted by Gasteiger charge is 2.04. The summed E-state index contributed by atoms with van der Waals surface area (Å²) in [6.07, 6.45) is 5.35. The number of carboxylic acid groups (broad SMARTS) is 1. The fraction of sp³-hybridized carbons (Fsp3) is 0.939. The molecule has 0 unspecified atom stereocenters. The molecule has 0 bridgehead atoms. The van der Waals surface area contributed by atoms with Crippen molar-refractivity contribution in [2.24, 2.45) is 0 Å². The average Bonchev–Trinajstić information content (AvgIpc) is 3.08. The Morgan fingerprint density at radius 3 is 0.979 bits per heavy atom. The van der Waals surface area contributed by atoms with Gasteiger partial charge in [-0.2, -0.15) is 0 Å². The van der Waals surface area contributed by atoms with Crippen molar-refractivity contribution in [2.45, 2.75) is 51.9 Å². The van der Waals surface area contributed by atoms with Crippen molar-refractivity contribution in [3.8, 4) is 0 Å². The van der Waals surface area contributed by atoms with Gasteiger partial charge in [0.25, 0.3) is 0 Å². The summed E-state index contributed by atoms with van der Waals surface area (Å²) in [4.78, 5) is 21.8. The number of nitrogens with one attached hydrogen (secondary N) is 1. The molecule has 0 saturated carbocycles. The summed E-state index contributed by atoms with van der Waals surface area (Å²) in [5.74, 6) is -1.25. The predicted octanol–water partition coefficient (Wildman–Crippen LogP) is 2.12. The number of carbonyl (C=O) groups excluding carboxylic acids is 1. The lowest BCUT2D eigenvalue weighted by Gasteiger charge is -2.09. The Bertz CT molecular complexity index is 662. The second kappa shape index (κ2) is 41.7. The molecule has 0 aliphatic heterocycles. The van der Waals surface area contributed by atoms with Crippen LogP contribution in [0.4, 0.5) is 0 Å². The first-order valence-electron chi connectivity index (χ1n) is 17.5. The lowest BCUT2D eigenvalue weighted by atomic mass is 10.2. The number of amides is 1. The zero-order chi connectivity index (χ0) is 34.9. The predicted molar refractivity (Wildman–Crippen MR) is 178 cm³/mol. The molecule has 15 nitrogen and oxygen atoms in total. The Hall–Kier alpha value is -1.50. The Morgan fingerprint density at radius 2 is 0.688 bits per heavy atom. The Morgan fingerprint density at radius 1 is 0.396 bits per heavy atom. The molecule has 0 saturated heterocycles. The van der Waals surface area contributed by atoms with Crippen molar-refractivity contribution in [1.29, 1.82) is 0 Å². The van der Waals surface area contributed by atoms with Crippen LogP contribution in [0.15, 0.2) is 0 Å². The fourth-order valence-corrected chi connectivity index (χ4v) is 3.64. The summed E-state index contributed by atoms with van der Waals surface area (Å²) in [6.45, 7) is 14.2. The minimum atomic E-state index is -0.981. The molecule has 0 aromatic carbocycles. The number of hydrogen-bond donors (Lipinski definition) is 2. The third-order valence-electron chi connectivity index (χ3n) is 6.22. The largest absolute Gasteiger partial charge is 0.481 e. The lowest BCUT2D eigenvalue weighted by molar-refractivity contribution is -0.138. The number of rotatable bonds is 42. The molecule has 2 N–H and O–H groups in total. The minimum Gasteiger partial charge on any atom is -0.481 e. The van der Waals surface area contributed by atoms with Gasteiger partial charge in [-0.15, -0.1) is 0 Å². The van der Waals surface area contributed by atoms with Gasteiger partial charge in [-0.1, -0.05) is 26.2 Å². The van der Waals surface area contributed by atoms with E-state index < -0.39 is 5.97 Å². The molecule has 0 radical (unpaired) electrons. The molecule has 0 spiro atoms. The summed E-state index contributed by atoms with van der Waals surface area (Å²) in [5, 5.41) is 11.2. The SMILES string of the molecule is CCCCCCOCCOCCOCCOCCOCCOCCOCCOCCOCCOCCOCCCNC(=O)CCC(=O)O. The van der Waals surface area contributed by atoms with Crippen LogP contribution in [0.25, 0.3) is 0 Å². The van der Waals surface area contributed by atoms with Gasteiger partial charge in [-0.25, -0.2) is 0 Å². The molecule has 0 atom stereocenters. The Kier molecular flexibility index (Phi) is 40.4. The lowest BCUT2D eigenvalue weighted by Crippen LogP contribution is -2.25. The first kappa shape index (κ1) is 46.5. The zero-order valence-electron chi connectivity index (χ0n) is 29.5. The van der Waals surface area contributed by atoms with Crippen LogP contribution in [0, 0.1) is 0 Å². The maximum Gasteiger partial charge on any atom is 0.303 e. The van der Waals surface area contributed by atoms with Crippen LogP contribution in [0.3, 0.4) is 0 Å². The zero-order valence-corrected chi connectivity index (χ0v) is 29.5. The van der Waals surface area contributed by atoms with E-state index in [9.17, 15) is 9.59 Å². The van der Waals surface area contributed by atoms with Gasteiger partial charge < -0.3 is 62.5 Å².